The molecule has 41 heavy (non-hydrogen) atoms. The van der Waals surface area contributed by atoms with Crippen molar-refractivity contribution in [1.82, 2.24) is 4.57 Å². The summed E-state index contributed by atoms with van der Waals surface area (Å²) in [6, 6.07) is 21.2. The zero-order chi connectivity index (χ0) is 29.1. The number of nitrogens with zero attached hydrogens (tertiary/aromatic N) is 5. The summed E-state index contributed by atoms with van der Waals surface area (Å²) in [7, 11) is 3.89. The van der Waals surface area contributed by atoms with Gasteiger partial charge < -0.3 is 14.7 Å². The third kappa shape index (κ3) is 5.73. The van der Waals surface area contributed by atoms with Gasteiger partial charge in [-0.2, -0.15) is 10.2 Å². The van der Waals surface area contributed by atoms with Crippen LogP contribution in [0.25, 0.3) is 6.08 Å². The zero-order valence-corrected chi connectivity index (χ0v) is 23.9. The third-order valence-corrected chi connectivity index (χ3v) is 7.56. The van der Waals surface area contributed by atoms with Crippen LogP contribution in [0.5, 0.6) is 5.75 Å². The third-order valence-electron chi connectivity index (χ3n) is 6.58. The topological polar surface area (TPSA) is 109 Å². The number of thiazole rings is 1. The van der Waals surface area contributed by atoms with Gasteiger partial charge in [0.05, 0.1) is 39.8 Å². The summed E-state index contributed by atoms with van der Waals surface area (Å²) >= 11 is 1.20. The highest BCUT2D eigenvalue weighted by Gasteiger charge is 2.33. The fourth-order valence-electron chi connectivity index (χ4n) is 4.53. The Hall–Kier alpha value is -4.83. The van der Waals surface area contributed by atoms with Crippen molar-refractivity contribution in [3.05, 3.63) is 115 Å². The summed E-state index contributed by atoms with van der Waals surface area (Å²) < 4.78 is 7.26. The lowest BCUT2D eigenvalue weighted by atomic mass is 9.95. The molecule has 3 aromatic carbocycles. The van der Waals surface area contributed by atoms with Crippen molar-refractivity contribution in [3.8, 4) is 5.75 Å². The molecule has 1 atom stereocenters. The van der Waals surface area contributed by atoms with E-state index >= 15 is 0 Å². The van der Waals surface area contributed by atoms with E-state index < -0.39 is 12.0 Å². The van der Waals surface area contributed by atoms with Crippen LogP contribution in [0.15, 0.2) is 104 Å². The van der Waals surface area contributed by atoms with Gasteiger partial charge in [-0.1, -0.05) is 41.7 Å². The number of ether oxygens (including phenoxy) is 1. The Labute approximate surface area is 240 Å². The number of carbonyl (C=O) groups excluding carboxylic acids is 1. The number of esters is 1. The number of rotatable bonds is 7. The Morgan fingerprint density at radius 1 is 1.07 bits per heavy atom. The van der Waals surface area contributed by atoms with E-state index in [2.05, 4.69) is 15.2 Å². The Kier molecular flexibility index (Phi) is 7.93. The number of aromatic nitrogens is 1. The molecule has 1 N–H and O–H groups in total. The van der Waals surface area contributed by atoms with Crippen LogP contribution in [-0.2, 0) is 9.53 Å². The Balaban J connectivity index is 1.58. The first-order valence-electron chi connectivity index (χ1n) is 13.0. The minimum Gasteiger partial charge on any atom is -0.507 e. The average molecular weight is 568 g/mol. The first-order chi connectivity index (χ1) is 19.8. The largest absolute Gasteiger partial charge is 0.507 e. The van der Waals surface area contributed by atoms with E-state index in [9.17, 15) is 14.7 Å². The van der Waals surface area contributed by atoms with Crippen LogP contribution in [0.4, 0.5) is 17.1 Å². The number of aromatic hydroxyl groups is 1. The van der Waals surface area contributed by atoms with Gasteiger partial charge in [0.15, 0.2) is 4.80 Å². The van der Waals surface area contributed by atoms with E-state index in [1.54, 1.807) is 32.1 Å². The van der Waals surface area contributed by atoms with Crippen LogP contribution in [0.2, 0.25) is 0 Å². The minimum atomic E-state index is -0.710. The summed E-state index contributed by atoms with van der Waals surface area (Å²) in [5, 5.41) is 19.1. The second-order valence-corrected chi connectivity index (χ2v) is 10.6. The van der Waals surface area contributed by atoms with Crippen LogP contribution in [0, 0.1) is 0 Å². The van der Waals surface area contributed by atoms with Crippen molar-refractivity contribution in [3.63, 3.8) is 0 Å². The van der Waals surface area contributed by atoms with Crippen molar-refractivity contribution >= 4 is 40.4 Å². The molecule has 2 heterocycles. The molecule has 0 spiro atoms. The second kappa shape index (κ2) is 11.7. The molecule has 1 aliphatic heterocycles. The van der Waals surface area contributed by atoms with Gasteiger partial charge in [0.1, 0.15) is 5.75 Å². The number of allylic oxidation sites excluding steroid dienone is 1. The van der Waals surface area contributed by atoms with Gasteiger partial charge in [0, 0.05) is 31.4 Å². The Bertz CT molecular complexity index is 1840. The number of hydrogen-bond acceptors (Lipinski definition) is 9. The van der Waals surface area contributed by atoms with Gasteiger partial charge in [0.25, 0.3) is 5.56 Å². The predicted molar refractivity (Wildman–Crippen MR) is 160 cm³/mol. The molecule has 5 rings (SSSR count). The quantitative estimate of drug-likeness (QED) is 0.250. The highest BCUT2D eigenvalue weighted by molar-refractivity contribution is 7.07. The fraction of sp³-hybridized carbons (Fsp3) is 0.194. The molecule has 0 aliphatic carbocycles. The lowest BCUT2D eigenvalue weighted by molar-refractivity contribution is -0.139. The van der Waals surface area contributed by atoms with Crippen molar-refractivity contribution in [2.24, 2.45) is 15.2 Å². The standard InChI is InChI=1S/C31H29N5O4S/c1-5-40-30(39)27-19(2)32-31-36(28(27)20-12-15-24(16-13-20)35(3)4)29(38)26(41-31)17-21-11-14-23(18-25(21)37)34-33-22-9-7-6-8-10-22/h6-18,28,37H,5H2,1-4H3/b26-17-,34-33?/t28-/m0/s1. The number of benzene rings is 3. The zero-order valence-electron chi connectivity index (χ0n) is 23.1. The molecule has 1 aliphatic rings. The van der Waals surface area contributed by atoms with E-state index in [0.717, 1.165) is 11.3 Å². The van der Waals surface area contributed by atoms with E-state index in [0.29, 0.717) is 37.5 Å². The number of fused-ring (bicyclic) bond motifs is 1. The molecule has 0 amide bonds. The maximum absolute atomic E-state index is 13.8. The molecule has 1 aromatic heterocycles. The first kappa shape index (κ1) is 27.7. The molecule has 0 bridgehead atoms. The average Bonchev–Trinajstić information content (AvgIpc) is 3.27. The summed E-state index contributed by atoms with van der Waals surface area (Å²) in [5.74, 6) is -0.554. The Morgan fingerprint density at radius 3 is 2.44 bits per heavy atom. The Morgan fingerprint density at radius 2 is 1.78 bits per heavy atom. The van der Waals surface area contributed by atoms with Crippen molar-refractivity contribution < 1.29 is 14.6 Å². The van der Waals surface area contributed by atoms with Crippen LogP contribution in [0.3, 0.4) is 0 Å². The summed E-state index contributed by atoms with van der Waals surface area (Å²) in [6.07, 6.45) is 1.62. The molecule has 208 valence electrons. The first-order valence-corrected chi connectivity index (χ1v) is 13.8. The normalized spacial score (nSPS) is 15.1. The monoisotopic (exact) mass is 567 g/mol. The number of phenols is 1. The summed E-state index contributed by atoms with van der Waals surface area (Å²) in [6.45, 7) is 3.69. The van der Waals surface area contributed by atoms with Crippen LogP contribution >= 0.6 is 11.3 Å². The number of hydrogen-bond donors (Lipinski definition) is 1. The maximum atomic E-state index is 13.8. The molecule has 0 radical (unpaired) electrons. The number of phenolic OH excluding ortho intramolecular Hbond substituents is 1. The predicted octanol–water partition coefficient (Wildman–Crippen LogP) is 4.99. The van der Waals surface area contributed by atoms with Crippen molar-refractivity contribution in [2.75, 3.05) is 25.6 Å². The second-order valence-electron chi connectivity index (χ2n) is 9.57. The summed E-state index contributed by atoms with van der Waals surface area (Å²) in [4.78, 5) is 34.0. The van der Waals surface area contributed by atoms with Crippen LogP contribution in [-0.4, -0.2) is 36.3 Å². The molecule has 0 fully saturated rings. The molecule has 0 unspecified atom stereocenters. The highest BCUT2D eigenvalue weighted by Crippen LogP contribution is 2.32. The smallest absolute Gasteiger partial charge is 0.338 e. The van der Waals surface area contributed by atoms with Crippen molar-refractivity contribution in [1.29, 1.82) is 0 Å². The maximum Gasteiger partial charge on any atom is 0.338 e. The van der Waals surface area contributed by atoms with E-state index in [4.69, 9.17) is 4.74 Å². The minimum absolute atomic E-state index is 0.0421. The van der Waals surface area contributed by atoms with Gasteiger partial charge in [-0.3, -0.25) is 9.36 Å². The lowest BCUT2D eigenvalue weighted by Crippen LogP contribution is -2.39. The number of anilines is 1. The van der Waals surface area contributed by atoms with E-state index in [1.807, 2.05) is 73.6 Å². The molecular formula is C31H29N5O4S. The number of carbonyl (C=O) groups is 1. The SMILES string of the molecule is CCOC(=O)C1=C(C)N=c2s/c(=C\c3ccc(N=Nc4ccccc4)cc3O)c(=O)n2[C@H]1c1ccc(N(C)C)cc1. The molecule has 4 aromatic rings. The van der Waals surface area contributed by atoms with Gasteiger partial charge in [-0.15, -0.1) is 0 Å². The molecule has 0 saturated heterocycles. The van der Waals surface area contributed by atoms with Crippen LogP contribution in [0.1, 0.15) is 31.0 Å². The van der Waals surface area contributed by atoms with E-state index in [-0.39, 0.29) is 17.9 Å². The molecule has 9 nitrogen and oxygen atoms in total. The lowest BCUT2D eigenvalue weighted by Gasteiger charge is -2.25. The molecule has 0 saturated carbocycles. The van der Waals surface area contributed by atoms with Crippen LogP contribution < -0.4 is 19.8 Å². The van der Waals surface area contributed by atoms with Gasteiger partial charge in [0.2, 0.25) is 0 Å². The fourth-order valence-corrected chi connectivity index (χ4v) is 5.57. The molecular weight excluding hydrogens is 538 g/mol. The van der Waals surface area contributed by atoms with Gasteiger partial charge in [-0.05, 0) is 61.9 Å². The van der Waals surface area contributed by atoms with E-state index in [1.165, 1.54) is 22.0 Å². The summed E-state index contributed by atoms with van der Waals surface area (Å²) in [5.41, 5.74) is 3.85. The van der Waals surface area contributed by atoms with Gasteiger partial charge in [-0.25, -0.2) is 9.79 Å². The van der Waals surface area contributed by atoms with Gasteiger partial charge >= 0.3 is 5.97 Å². The van der Waals surface area contributed by atoms with Crippen molar-refractivity contribution in [2.45, 2.75) is 19.9 Å². The highest BCUT2D eigenvalue weighted by atomic mass is 32.1. The number of azo groups is 1. The molecule has 10 heteroatoms.